The van der Waals surface area contributed by atoms with E-state index in [2.05, 4.69) is 5.32 Å². The highest BCUT2D eigenvalue weighted by atomic mass is 16.4. The Hall–Kier alpha value is -2.82. The lowest BCUT2D eigenvalue weighted by atomic mass is 10.1. The normalized spacial score (nSPS) is 10.1. The molecule has 0 bridgehead atoms. The predicted molar refractivity (Wildman–Crippen MR) is 74.2 cm³/mol. The Morgan fingerprint density at radius 2 is 1.80 bits per heavy atom. The SMILES string of the molecule is Cc1cccc(C(=O)Nc2cc(C(=O)O)ccc2O)c1. The van der Waals surface area contributed by atoms with Gasteiger partial charge in [0.2, 0.25) is 0 Å². The van der Waals surface area contributed by atoms with Crippen molar-refractivity contribution in [2.75, 3.05) is 5.32 Å². The number of nitrogens with one attached hydrogen (secondary N) is 1. The summed E-state index contributed by atoms with van der Waals surface area (Å²) in [6.07, 6.45) is 0. The largest absolute Gasteiger partial charge is 0.506 e. The van der Waals surface area contributed by atoms with E-state index in [1.165, 1.54) is 18.2 Å². The number of aryl methyl sites for hydroxylation is 1. The van der Waals surface area contributed by atoms with Crippen LogP contribution < -0.4 is 5.32 Å². The van der Waals surface area contributed by atoms with E-state index < -0.39 is 11.9 Å². The number of carbonyl (C=O) groups is 2. The smallest absolute Gasteiger partial charge is 0.335 e. The molecule has 0 atom stereocenters. The maximum atomic E-state index is 12.0. The molecule has 0 aliphatic heterocycles. The Labute approximate surface area is 115 Å². The summed E-state index contributed by atoms with van der Waals surface area (Å²) in [5, 5.41) is 21.0. The summed E-state index contributed by atoms with van der Waals surface area (Å²) in [6, 6.07) is 10.7. The number of phenolic OH excluding ortho intramolecular Hbond substituents is 1. The van der Waals surface area contributed by atoms with Crippen molar-refractivity contribution in [3.05, 3.63) is 59.2 Å². The van der Waals surface area contributed by atoms with Gasteiger partial charge in [-0.25, -0.2) is 4.79 Å². The standard InChI is InChI=1S/C15H13NO4/c1-9-3-2-4-10(7-9)14(18)16-12-8-11(15(19)20)5-6-13(12)17/h2-8,17H,1H3,(H,16,18)(H,19,20). The minimum Gasteiger partial charge on any atom is -0.506 e. The van der Waals surface area contributed by atoms with Gasteiger partial charge in [-0.1, -0.05) is 17.7 Å². The first-order valence-corrected chi connectivity index (χ1v) is 5.91. The van der Waals surface area contributed by atoms with E-state index in [-0.39, 0.29) is 17.0 Å². The molecule has 0 spiro atoms. The fraction of sp³-hybridized carbons (Fsp3) is 0.0667. The monoisotopic (exact) mass is 271 g/mol. The van der Waals surface area contributed by atoms with Crippen LogP contribution in [0, 0.1) is 6.92 Å². The van der Waals surface area contributed by atoms with E-state index in [9.17, 15) is 14.7 Å². The van der Waals surface area contributed by atoms with E-state index >= 15 is 0 Å². The number of phenols is 1. The minimum absolute atomic E-state index is 0.0117. The van der Waals surface area contributed by atoms with E-state index in [4.69, 9.17) is 5.11 Å². The van der Waals surface area contributed by atoms with Gasteiger partial charge < -0.3 is 15.5 Å². The molecular weight excluding hydrogens is 258 g/mol. The number of carbonyl (C=O) groups excluding carboxylic acids is 1. The molecule has 2 aromatic carbocycles. The number of carboxylic acids is 1. The Balaban J connectivity index is 2.27. The Bertz CT molecular complexity index is 679. The third-order valence-electron chi connectivity index (χ3n) is 2.77. The summed E-state index contributed by atoms with van der Waals surface area (Å²) in [4.78, 5) is 22.9. The molecule has 0 aliphatic rings. The third kappa shape index (κ3) is 2.95. The molecule has 0 aliphatic carbocycles. The molecule has 5 heteroatoms. The maximum Gasteiger partial charge on any atom is 0.335 e. The summed E-state index contributed by atoms with van der Waals surface area (Å²) in [5.41, 5.74) is 1.42. The number of carboxylic acid groups (broad SMARTS) is 1. The molecule has 2 rings (SSSR count). The number of anilines is 1. The van der Waals surface area contributed by atoms with Crippen molar-refractivity contribution >= 4 is 17.6 Å². The molecule has 0 saturated carbocycles. The third-order valence-corrected chi connectivity index (χ3v) is 2.77. The molecule has 0 saturated heterocycles. The van der Waals surface area contributed by atoms with Gasteiger partial charge in [0.1, 0.15) is 5.75 Å². The lowest BCUT2D eigenvalue weighted by Gasteiger charge is -2.08. The van der Waals surface area contributed by atoms with Crippen LogP contribution in [0.5, 0.6) is 5.75 Å². The summed E-state index contributed by atoms with van der Waals surface area (Å²) < 4.78 is 0. The lowest BCUT2D eigenvalue weighted by molar-refractivity contribution is 0.0696. The van der Waals surface area contributed by atoms with Crippen molar-refractivity contribution in [3.63, 3.8) is 0 Å². The number of benzene rings is 2. The van der Waals surface area contributed by atoms with Crippen LogP contribution >= 0.6 is 0 Å². The molecule has 0 heterocycles. The number of amides is 1. The van der Waals surface area contributed by atoms with Crippen molar-refractivity contribution < 1.29 is 19.8 Å². The van der Waals surface area contributed by atoms with Gasteiger partial charge in [-0.05, 0) is 37.3 Å². The summed E-state index contributed by atoms with van der Waals surface area (Å²) in [6.45, 7) is 1.86. The van der Waals surface area contributed by atoms with Crippen LogP contribution in [0.3, 0.4) is 0 Å². The van der Waals surface area contributed by atoms with Crippen molar-refractivity contribution in [2.24, 2.45) is 0 Å². The number of aromatic hydroxyl groups is 1. The van der Waals surface area contributed by atoms with Crippen LogP contribution in [-0.4, -0.2) is 22.1 Å². The van der Waals surface area contributed by atoms with Crippen molar-refractivity contribution in [1.29, 1.82) is 0 Å². The predicted octanol–water partition coefficient (Wildman–Crippen LogP) is 2.65. The molecule has 0 aromatic heterocycles. The number of hydrogen-bond acceptors (Lipinski definition) is 3. The molecule has 20 heavy (non-hydrogen) atoms. The first-order chi connectivity index (χ1) is 9.47. The van der Waals surface area contributed by atoms with E-state index in [1.54, 1.807) is 18.2 Å². The molecule has 5 nitrogen and oxygen atoms in total. The molecule has 2 aromatic rings. The zero-order valence-electron chi connectivity index (χ0n) is 10.8. The summed E-state index contributed by atoms with van der Waals surface area (Å²) >= 11 is 0. The minimum atomic E-state index is -1.13. The van der Waals surface area contributed by atoms with Crippen molar-refractivity contribution in [1.82, 2.24) is 0 Å². The van der Waals surface area contributed by atoms with Crippen LogP contribution in [0.15, 0.2) is 42.5 Å². The Morgan fingerprint density at radius 1 is 1.05 bits per heavy atom. The van der Waals surface area contributed by atoms with Crippen LogP contribution in [0.2, 0.25) is 0 Å². The highest BCUT2D eigenvalue weighted by Crippen LogP contribution is 2.25. The maximum absolute atomic E-state index is 12.0. The van der Waals surface area contributed by atoms with Crippen LogP contribution in [0.1, 0.15) is 26.3 Å². The lowest BCUT2D eigenvalue weighted by Crippen LogP contribution is -2.12. The van der Waals surface area contributed by atoms with Gasteiger partial charge in [0, 0.05) is 5.56 Å². The molecule has 0 radical (unpaired) electrons. The number of hydrogen-bond donors (Lipinski definition) is 3. The molecule has 0 unspecified atom stereocenters. The van der Waals surface area contributed by atoms with Crippen LogP contribution in [0.25, 0.3) is 0 Å². The van der Waals surface area contributed by atoms with E-state index in [0.29, 0.717) is 5.56 Å². The van der Waals surface area contributed by atoms with Crippen LogP contribution in [-0.2, 0) is 0 Å². The second-order valence-electron chi connectivity index (χ2n) is 4.36. The van der Waals surface area contributed by atoms with Gasteiger partial charge in [0.25, 0.3) is 5.91 Å². The molecule has 3 N–H and O–H groups in total. The van der Waals surface area contributed by atoms with E-state index in [1.807, 2.05) is 13.0 Å². The highest BCUT2D eigenvalue weighted by Gasteiger charge is 2.12. The second kappa shape index (κ2) is 5.44. The molecule has 1 amide bonds. The topological polar surface area (TPSA) is 86.6 Å². The summed E-state index contributed by atoms with van der Waals surface area (Å²) in [5.74, 6) is -1.72. The highest BCUT2D eigenvalue weighted by molar-refractivity contribution is 6.05. The number of rotatable bonds is 3. The zero-order chi connectivity index (χ0) is 14.7. The van der Waals surface area contributed by atoms with Crippen LogP contribution in [0.4, 0.5) is 5.69 Å². The first kappa shape index (κ1) is 13.6. The zero-order valence-corrected chi connectivity index (χ0v) is 10.8. The van der Waals surface area contributed by atoms with Gasteiger partial charge >= 0.3 is 5.97 Å². The average molecular weight is 271 g/mol. The first-order valence-electron chi connectivity index (χ1n) is 5.91. The fourth-order valence-electron chi connectivity index (χ4n) is 1.75. The van der Waals surface area contributed by atoms with Gasteiger partial charge in [-0.15, -0.1) is 0 Å². The Morgan fingerprint density at radius 3 is 2.45 bits per heavy atom. The van der Waals surface area contributed by atoms with Gasteiger partial charge in [0.15, 0.2) is 0 Å². The molecule has 0 fully saturated rings. The summed E-state index contributed by atoms with van der Waals surface area (Å²) in [7, 11) is 0. The Kier molecular flexibility index (Phi) is 3.70. The molecular formula is C15H13NO4. The second-order valence-corrected chi connectivity index (χ2v) is 4.36. The molecule has 102 valence electrons. The fourth-order valence-corrected chi connectivity index (χ4v) is 1.75. The average Bonchev–Trinajstić information content (AvgIpc) is 2.41. The quantitative estimate of drug-likeness (QED) is 0.749. The van der Waals surface area contributed by atoms with Crippen molar-refractivity contribution in [3.8, 4) is 5.75 Å². The van der Waals surface area contributed by atoms with Crippen molar-refractivity contribution in [2.45, 2.75) is 6.92 Å². The van der Waals surface area contributed by atoms with Gasteiger partial charge in [0.05, 0.1) is 11.3 Å². The number of aromatic carboxylic acids is 1. The van der Waals surface area contributed by atoms with Gasteiger partial charge in [-0.2, -0.15) is 0 Å². The van der Waals surface area contributed by atoms with E-state index in [0.717, 1.165) is 5.56 Å². The van der Waals surface area contributed by atoms with Gasteiger partial charge in [-0.3, -0.25) is 4.79 Å².